The van der Waals surface area contributed by atoms with E-state index in [1.54, 1.807) is 0 Å². The molecule has 2 aromatic carbocycles. The molecule has 0 atom stereocenters. The summed E-state index contributed by atoms with van der Waals surface area (Å²) < 4.78 is 77.7. The van der Waals surface area contributed by atoms with Crippen LogP contribution < -0.4 is 0 Å². The van der Waals surface area contributed by atoms with E-state index in [1.165, 1.54) is 13.8 Å². The summed E-state index contributed by atoms with van der Waals surface area (Å²) in [5, 5.41) is 19.1. The van der Waals surface area contributed by atoms with Crippen molar-refractivity contribution in [2.45, 2.75) is 26.2 Å². The third kappa shape index (κ3) is 3.27. The average molecular weight is 350 g/mol. The number of hydrogen-bond acceptors (Lipinski definition) is 2. The van der Waals surface area contributed by atoms with E-state index in [0.717, 1.165) is 12.1 Å². The largest absolute Gasteiger partial charge is 0.507 e. The van der Waals surface area contributed by atoms with Crippen molar-refractivity contribution < 1.29 is 36.6 Å². The SMILES string of the molecule is Cc1cc(-c2cc(C)c(O)c(C(F)(F)F)c2)cc(C(F)(F)F)c1O. The van der Waals surface area contributed by atoms with Crippen LogP contribution >= 0.6 is 0 Å². The molecule has 8 heteroatoms. The van der Waals surface area contributed by atoms with Gasteiger partial charge in [-0.25, -0.2) is 0 Å². The molecule has 0 bridgehead atoms. The minimum atomic E-state index is -4.86. The molecular formula is C16H12F6O2. The Morgan fingerprint density at radius 3 is 1.17 bits per heavy atom. The van der Waals surface area contributed by atoms with E-state index in [-0.39, 0.29) is 22.3 Å². The smallest absolute Gasteiger partial charge is 0.419 e. The summed E-state index contributed by atoms with van der Waals surface area (Å²) in [4.78, 5) is 0. The fourth-order valence-corrected chi connectivity index (χ4v) is 2.32. The maximum Gasteiger partial charge on any atom is 0.419 e. The van der Waals surface area contributed by atoms with Gasteiger partial charge in [0.2, 0.25) is 0 Å². The summed E-state index contributed by atoms with van der Waals surface area (Å²) >= 11 is 0. The minimum absolute atomic E-state index is 0.126. The van der Waals surface area contributed by atoms with Crippen LogP contribution in [0.2, 0.25) is 0 Å². The third-order valence-electron chi connectivity index (χ3n) is 3.55. The fraction of sp³-hybridized carbons (Fsp3) is 0.250. The normalized spacial score (nSPS) is 12.5. The van der Waals surface area contributed by atoms with Crippen molar-refractivity contribution in [2.75, 3.05) is 0 Å². The lowest BCUT2D eigenvalue weighted by molar-refractivity contribution is -0.139. The fourth-order valence-electron chi connectivity index (χ4n) is 2.32. The minimum Gasteiger partial charge on any atom is -0.507 e. The van der Waals surface area contributed by atoms with Gasteiger partial charge in [0, 0.05) is 0 Å². The van der Waals surface area contributed by atoms with Crippen LogP contribution in [0.3, 0.4) is 0 Å². The zero-order valence-corrected chi connectivity index (χ0v) is 12.5. The van der Waals surface area contributed by atoms with Crippen molar-refractivity contribution in [3.05, 3.63) is 46.5 Å². The highest BCUT2D eigenvalue weighted by Gasteiger charge is 2.37. The molecule has 130 valence electrons. The predicted molar refractivity (Wildman–Crippen MR) is 74.7 cm³/mol. The van der Waals surface area contributed by atoms with Gasteiger partial charge in [0.25, 0.3) is 0 Å². The molecule has 24 heavy (non-hydrogen) atoms. The van der Waals surface area contributed by atoms with Crippen molar-refractivity contribution in [3.63, 3.8) is 0 Å². The standard InChI is InChI=1S/C16H12F6O2/c1-7-3-9(5-11(13(7)23)15(17,18)19)10-4-8(2)14(24)12(6-10)16(20,21)22/h3-6,23-24H,1-2H3. The molecule has 0 aliphatic rings. The van der Waals surface area contributed by atoms with Crippen molar-refractivity contribution in [1.29, 1.82) is 0 Å². The zero-order valence-electron chi connectivity index (χ0n) is 12.5. The van der Waals surface area contributed by atoms with Crippen molar-refractivity contribution in [3.8, 4) is 22.6 Å². The number of phenolic OH excluding ortho intramolecular Hbond substituents is 2. The van der Waals surface area contributed by atoms with E-state index < -0.39 is 35.0 Å². The third-order valence-corrected chi connectivity index (χ3v) is 3.55. The number of rotatable bonds is 1. The number of aromatic hydroxyl groups is 2. The van der Waals surface area contributed by atoms with Gasteiger partial charge in [-0.1, -0.05) is 0 Å². The first-order valence-corrected chi connectivity index (χ1v) is 6.64. The molecule has 0 unspecified atom stereocenters. The van der Waals surface area contributed by atoms with Gasteiger partial charge in [-0.15, -0.1) is 0 Å². The maximum absolute atomic E-state index is 13.0. The van der Waals surface area contributed by atoms with Crippen LogP contribution in [-0.4, -0.2) is 10.2 Å². The van der Waals surface area contributed by atoms with Crippen LogP contribution in [0.1, 0.15) is 22.3 Å². The van der Waals surface area contributed by atoms with Crippen molar-refractivity contribution in [1.82, 2.24) is 0 Å². The van der Waals surface area contributed by atoms with Crippen LogP contribution in [0.15, 0.2) is 24.3 Å². The Kier molecular flexibility index (Phi) is 4.20. The van der Waals surface area contributed by atoms with Gasteiger partial charge in [0.15, 0.2) is 0 Å². The second-order valence-electron chi connectivity index (χ2n) is 5.37. The Labute approximate surface area is 133 Å². The van der Waals surface area contributed by atoms with Gasteiger partial charge in [-0.3, -0.25) is 0 Å². The molecule has 0 aromatic heterocycles. The average Bonchev–Trinajstić information content (AvgIpc) is 2.41. The Balaban J connectivity index is 2.74. The Morgan fingerprint density at radius 1 is 0.625 bits per heavy atom. The first-order chi connectivity index (χ1) is 10.8. The molecule has 0 amide bonds. The number of hydrogen-bond donors (Lipinski definition) is 2. The Hall–Kier alpha value is -2.38. The molecule has 2 rings (SSSR count). The second-order valence-corrected chi connectivity index (χ2v) is 5.37. The van der Waals surface area contributed by atoms with Gasteiger partial charge in [0.1, 0.15) is 11.5 Å². The lowest BCUT2D eigenvalue weighted by Gasteiger charge is -2.16. The van der Waals surface area contributed by atoms with Crippen LogP contribution in [-0.2, 0) is 12.4 Å². The molecule has 0 heterocycles. The highest BCUT2D eigenvalue weighted by Crippen LogP contribution is 2.43. The molecule has 2 aromatic rings. The maximum atomic E-state index is 13.0. The van der Waals surface area contributed by atoms with Crippen LogP contribution in [0.4, 0.5) is 26.3 Å². The van der Waals surface area contributed by atoms with Crippen LogP contribution in [0.25, 0.3) is 11.1 Å². The summed E-state index contributed by atoms with van der Waals surface area (Å²) in [7, 11) is 0. The molecule has 0 radical (unpaired) electrons. The molecule has 0 saturated carbocycles. The molecular weight excluding hydrogens is 338 g/mol. The van der Waals surface area contributed by atoms with E-state index in [0.29, 0.717) is 12.1 Å². The summed E-state index contributed by atoms with van der Waals surface area (Å²) in [5.74, 6) is -1.95. The second kappa shape index (κ2) is 5.61. The molecule has 0 spiro atoms. The highest BCUT2D eigenvalue weighted by molar-refractivity contribution is 5.70. The summed E-state index contributed by atoms with van der Waals surface area (Å²) in [6, 6.07) is 3.45. The van der Waals surface area contributed by atoms with Gasteiger partial charge in [0.05, 0.1) is 11.1 Å². The molecule has 0 saturated heterocycles. The number of aryl methyl sites for hydroxylation is 2. The van der Waals surface area contributed by atoms with Crippen LogP contribution in [0, 0.1) is 13.8 Å². The van der Waals surface area contributed by atoms with Crippen molar-refractivity contribution in [2.24, 2.45) is 0 Å². The quantitative estimate of drug-likeness (QED) is 0.674. The first kappa shape index (κ1) is 18.0. The predicted octanol–water partition coefficient (Wildman–Crippen LogP) is 5.42. The molecule has 2 N–H and O–H groups in total. The molecule has 0 aliphatic heterocycles. The monoisotopic (exact) mass is 350 g/mol. The number of halogens is 6. The molecule has 0 fully saturated rings. The Morgan fingerprint density at radius 2 is 0.917 bits per heavy atom. The zero-order chi connectivity index (χ0) is 18.4. The highest BCUT2D eigenvalue weighted by atomic mass is 19.4. The first-order valence-electron chi connectivity index (χ1n) is 6.64. The molecule has 0 aliphatic carbocycles. The summed E-state index contributed by atoms with van der Waals surface area (Å²) in [6.45, 7) is 2.43. The lowest BCUT2D eigenvalue weighted by Crippen LogP contribution is -2.08. The van der Waals surface area contributed by atoms with E-state index >= 15 is 0 Å². The van der Waals surface area contributed by atoms with E-state index in [2.05, 4.69) is 0 Å². The number of phenols is 2. The van der Waals surface area contributed by atoms with Crippen LogP contribution in [0.5, 0.6) is 11.5 Å². The summed E-state index contributed by atoms with van der Waals surface area (Å²) in [5.41, 5.74) is -3.22. The van der Waals surface area contributed by atoms with E-state index in [1.807, 2.05) is 0 Å². The topological polar surface area (TPSA) is 40.5 Å². The Bertz CT molecular complexity index is 723. The van der Waals surface area contributed by atoms with Gasteiger partial charge >= 0.3 is 12.4 Å². The lowest BCUT2D eigenvalue weighted by atomic mass is 9.95. The molecule has 2 nitrogen and oxygen atoms in total. The summed E-state index contributed by atoms with van der Waals surface area (Å²) in [6.07, 6.45) is -9.71. The van der Waals surface area contributed by atoms with Crippen molar-refractivity contribution >= 4 is 0 Å². The number of benzene rings is 2. The van der Waals surface area contributed by atoms with Gasteiger partial charge in [-0.05, 0) is 60.4 Å². The van der Waals surface area contributed by atoms with Gasteiger partial charge < -0.3 is 10.2 Å². The van der Waals surface area contributed by atoms with E-state index in [4.69, 9.17) is 0 Å². The van der Waals surface area contributed by atoms with E-state index in [9.17, 15) is 36.6 Å². The number of alkyl halides is 6. The van der Waals surface area contributed by atoms with Gasteiger partial charge in [-0.2, -0.15) is 26.3 Å².